The molecule has 0 unspecified atom stereocenters. The second kappa shape index (κ2) is 7.37. The molecule has 1 rings (SSSR count). The first-order valence-electron chi connectivity index (χ1n) is 6.84. The number of likely N-dealkylation sites (N-methyl/N-ethyl adjacent to an activating group) is 1. The number of aliphatic carboxylic acids is 1. The third-order valence-electron chi connectivity index (χ3n) is 3.08. The Hall–Kier alpha value is -1.93. The van der Waals surface area contributed by atoms with Gasteiger partial charge < -0.3 is 10.0 Å². The summed E-state index contributed by atoms with van der Waals surface area (Å²) in [6.45, 7) is 5.01. The highest BCUT2D eigenvalue weighted by Crippen LogP contribution is 2.17. The summed E-state index contributed by atoms with van der Waals surface area (Å²) in [6, 6.07) is 4.23. The standard InChI is InChI=1S/C14H20N2O5S/c1-4-15-22(20,21)11-7-6-10(3)12(8-11)14(19)16(5-2)9-13(17)18/h6-8,15H,4-5,9H2,1-3H3,(H,17,18). The van der Waals surface area contributed by atoms with Gasteiger partial charge in [0.15, 0.2) is 0 Å². The first-order chi connectivity index (χ1) is 10.2. The normalized spacial score (nSPS) is 11.2. The summed E-state index contributed by atoms with van der Waals surface area (Å²) in [5.74, 6) is -1.62. The Morgan fingerprint density at radius 2 is 1.91 bits per heavy atom. The van der Waals surface area contributed by atoms with Crippen LogP contribution in [0, 0.1) is 6.92 Å². The number of sulfonamides is 1. The lowest BCUT2D eigenvalue weighted by Crippen LogP contribution is -2.36. The highest BCUT2D eigenvalue weighted by Gasteiger charge is 2.21. The van der Waals surface area contributed by atoms with E-state index in [-0.39, 0.29) is 23.5 Å². The third-order valence-corrected chi connectivity index (χ3v) is 4.62. The van der Waals surface area contributed by atoms with Crippen LogP contribution in [0.3, 0.4) is 0 Å². The molecular weight excluding hydrogens is 308 g/mol. The van der Waals surface area contributed by atoms with Crippen LogP contribution in [0.5, 0.6) is 0 Å². The van der Waals surface area contributed by atoms with Crippen molar-refractivity contribution < 1.29 is 23.1 Å². The maximum absolute atomic E-state index is 12.4. The average molecular weight is 328 g/mol. The predicted octanol–water partition coefficient (Wildman–Crippen LogP) is 0.840. The Morgan fingerprint density at radius 3 is 2.41 bits per heavy atom. The zero-order valence-electron chi connectivity index (χ0n) is 12.8. The van der Waals surface area contributed by atoms with Gasteiger partial charge in [0.25, 0.3) is 5.91 Å². The molecule has 0 radical (unpaired) electrons. The minimum Gasteiger partial charge on any atom is -0.480 e. The number of carbonyl (C=O) groups excluding carboxylic acids is 1. The number of carboxylic acid groups (broad SMARTS) is 1. The summed E-state index contributed by atoms with van der Waals surface area (Å²) in [5.41, 5.74) is 0.770. The number of hydrogen-bond acceptors (Lipinski definition) is 4. The van der Waals surface area contributed by atoms with Gasteiger partial charge in [-0.3, -0.25) is 9.59 Å². The number of amides is 1. The third kappa shape index (κ3) is 4.28. The van der Waals surface area contributed by atoms with Crippen LogP contribution in [0.4, 0.5) is 0 Å². The SMILES string of the molecule is CCNS(=O)(=O)c1ccc(C)c(C(=O)N(CC)CC(=O)O)c1. The van der Waals surface area contributed by atoms with E-state index in [0.29, 0.717) is 5.56 Å². The summed E-state index contributed by atoms with van der Waals surface area (Å²) in [4.78, 5) is 24.3. The molecule has 8 heteroatoms. The van der Waals surface area contributed by atoms with Crippen LogP contribution in [0.1, 0.15) is 29.8 Å². The number of nitrogens with zero attached hydrogens (tertiary/aromatic N) is 1. The Balaban J connectivity index is 3.24. The van der Waals surface area contributed by atoms with E-state index in [0.717, 1.165) is 4.90 Å². The molecule has 0 atom stereocenters. The molecule has 0 aliphatic heterocycles. The second-order valence-corrected chi connectivity index (χ2v) is 6.46. The second-order valence-electron chi connectivity index (χ2n) is 4.69. The predicted molar refractivity (Wildman–Crippen MR) is 81.3 cm³/mol. The zero-order valence-corrected chi connectivity index (χ0v) is 13.6. The van der Waals surface area contributed by atoms with Crippen LogP contribution in [0.25, 0.3) is 0 Å². The van der Waals surface area contributed by atoms with Crippen LogP contribution in [-0.2, 0) is 14.8 Å². The molecule has 0 fully saturated rings. The molecule has 0 aliphatic rings. The van der Waals surface area contributed by atoms with Crippen molar-refractivity contribution in [1.29, 1.82) is 0 Å². The molecule has 0 saturated heterocycles. The maximum atomic E-state index is 12.4. The summed E-state index contributed by atoms with van der Waals surface area (Å²) < 4.78 is 26.4. The highest BCUT2D eigenvalue weighted by molar-refractivity contribution is 7.89. The number of carbonyl (C=O) groups is 2. The van der Waals surface area contributed by atoms with E-state index in [4.69, 9.17) is 5.11 Å². The summed E-state index contributed by atoms with van der Waals surface area (Å²) in [5, 5.41) is 8.83. The van der Waals surface area contributed by atoms with E-state index in [1.54, 1.807) is 20.8 Å². The van der Waals surface area contributed by atoms with Crippen LogP contribution >= 0.6 is 0 Å². The van der Waals surface area contributed by atoms with Crippen LogP contribution in [0.2, 0.25) is 0 Å². The molecule has 2 N–H and O–H groups in total. The quantitative estimate of drug-likeness (QED) is 0.772. The van der Waals surface area contributed by atoms with E-state index >= 15 is 0 Å². The molecule has 0 saturated carbocycles. The van der Waals surface area contributed by atoms with E-state index in [2.05, 4.69) is 4.72 Å². The van der Waals surface area contributed by atoms with Gasteiger partial charge in [0.05, 0.1) is 4.90 Å². The summed E-state index contributed by atoms with van der Waals surface area (Å²) >= 11 is 0. The van der Waals surface area contributed by atoms with Gasteiger partial charge in [0.2, 0.25) is 10.0 Å². The molecule has 1 aromatic carbocycles. The number of carboxylic acids is 1. The largest absolute Gasteiger partial charge is 0.480 e. The molecule has 0 bridgehead atoms. The van der Waals surface area contributed by atoms with E-state index in [1.165, 1.54) is 18.2 Å². The number of benzene rings is 1. The van der Waals surface area contributed by atoms with Crippen LogP contribution in [-0.4, -0.2) is 49.9 Å². The lowest BCUT2D eigenvalue weighted by molar-refractivity contribution is -0.137. The number of rotatable bonds is 7. The van der Waals surface area contributed by atoms with Crippen molar-refractivity contribution in [3.63, 3.8) is 0 Å². The molecule has 0 spiro atoms. The Morgan fingerprint density at radius 1 is 1.27 bits per heavy atom. The molecular formula is C14H20N2O5S. The minimum absolute atomic E-state index is 0.0188. The molecule has 0 heterocycles. The summed E-state index contributed by atoms with van der Waals surface area (Å²) in [7, 11) is -3.68. The maximum Gasteiger partial charge on any atom is 0.323 e. The van der Waals surface area contributed by atoms with Gasteiger partial charge in [-0.25, -0.2) is 13.1 Å². The van der Waals surface area contributed by atoms with E-state index in [1.807, 2.05) is 0 Å². The number of hydrogen-bond donors (Lipinski definition) is 2. The smallest absolute Gasteiger partial charge is 0.323 e. The van der Waals surface area contributed by atoms with Crippen molar-refractivity contribution in [3.05, 3.63) is 29.3 Å². The van der Waals surface area contributed by atoms with Gasteiger partial charge in [-0.05, 0) is 31.5 Å². The van der Waals surface area contributed by atoms with Crippen molar-refractivity contribution in [3.8, 4) is 0 Å². The van der Waals surface area contributed by atoms with Gasteiger partial charge in [0.1, 0.15) is 6.54 Å². The monoisotopic (exact) mass is 328 g/mol. The van der Waals surface area contributed by atoms with Crippen molar-refractivity contribution in [1.82, 2.24) is 9.62 Å². The fraction of sp³-hybridized carbons (Fsp3) is 0.429. The first-order valence-corrected chi connectivity index (χ1v) is 8.32. The van der Waals surface area contributed by atoms with E-state index in [9.17, 15) is 18.0 Å². The Labute approximate surface area is 130 Å². The van der Waals surface area contributed by atoms with Crippen molar-refractivity contribution in [2.75, 3.05) is 19.6 Å². The van der Waals surface area contributed by atoms with Gasteiger partial charge in [-0.15, -0.1) is 0 Å². The Bertz CT molecular complexity index is 670. The van der Waals surface area contributed by atoms with Crippen molar-refractivity contribution in [2.24, 2.45) is 0 Å². The molecule has 7 nitrogen and oxygen atoms in total. The van der Waals surface area contributed by atoms with Crippen LogP contribution in [0.15, 0.2) is 23.1 Å². The molecule has 122 valence electrons. The highest BCUT2D eigenvalue weighted by atomic mass is 32.2. The van der Waals surface area contributed by atoms with Crippen LogP contribution < -0.4 is 4.72 Å². The fourth-order valence-electron chi connectivity index (χ4n) is 1.93. The molecule has 0 aliphatic carbocycles. The lowest BCUT2D eigenvalue weighted by Gasteiger charge is -2.20. The first kappa shape index (κ1) is 18.1. The zero-order chi connectivity index (χ0) is 16.9. The Kier molecular flexibility index (Phi) is 6.07. The van der Waals surface area contributed by atoms with Gasteiger partial charge >= 0.3 is 5.97 Å². The van der Waals surface area contributed by atoms with Crippen molar-refractivity contribution in [2.45, 2.75) is 25.7 Å². The van der Waals surface area contributed by atoms with Gasteiger partial charge in [-0.1, -0.05) is 13.0 Å². The molecule has 22 heavy (non-hydrogen) atoms. The van der Waals surface area contributed by atoms with E-state index < -0.39 is 28.4 Å². The van der Waals surface area contributed by atoms with Gasteiger partial charge in [0, 0.05) is 18.7 Å². The fourth-order valence-corrected chi connectivity index (χ4v) is 3.00. The molecule has 1 aromatic rings. The lowest BCUT2D eigenvalue weighted by atomic mass is 10.1. The summed E-state index contributed by atoms with van der Waals surface area (Å²) in [6.07, 6.45) is 0. The minimum atomic E-state index is -3.68. The number of nitrogens with one attached hydrogen (secondary N) is 1. The number of aryl methyl sites for hydroxylation is 1. The molecule has 0 aromatic heterocycles. The average Bonchev–Trinajstić information content (AvgIpc) is 2.44. The molecule has 1 amide bonds. The van der Waals surface area contributed by atoms with Gasteiger partial charge in [-0.2, -0.15) is 0 Å². The topological polar surface area (TPSA) is 104 Å². The van der Waals surface area contributed by atoms with Crippen molar-refractivity contribution >= 4 is 21.9 Å².